The number of phosphoric ester groups is 1. The quantitative estimate of drug-likeness (QED) is 0.439. The average molecular weight is 312 g/mol. The summed E-state index contributed by atoms with van der Waals surface area (Å²) in [5, 5.41) is 0. The van der Waals surface area contributed by atoms with Crippen molar-refractivity contribution in [3.05, 3.63) is 60.7 Å². The van der Waals surface area contributed by atoms with Gasteiger partial charge in [-0.3, -0.25) is 0 Å². The van der Waals surface area contributed by atoms with Gasteiger partial charge in [-0.15, -0.1) is 0 Å². The van der Waals surface area contributed by atoms with Crippen molar-refractivity contribution in [1.29, 1.82) is 0 Å². The Morgan fingerprint density at radius 3 is 1.47 bits per heavy atom. The third-order valence-electron chi connectivity index (χ3n) is 1.92. The number of para-hydroxylation sites is 2. The normalized spacial score (nSPS) is 9.74. The Balaban J connectivity index is 0. The Kier molecular flexibility index (Phi) is 10.2. The molecular weight excluding hydrogens is 301 g/mol. The smallest absolute Gasteiger partial charge is 1.00 e. The predicted octanol–water partition coefficient (Wildman–Crippen LogP) is -3.27. The number of rotatable bonds is 4. The topological polar surface area (TPSA) is 58.6 Å². The Morgan fingerprint density at radius 1 is 0.842 bits per heavy atom. The standard InChI is InChI=1S/C12H11O4P.K.Na.H/c13-17(14,15-11-7-3-1-4-8-11)16-12-9-5-2-6-10-12;;;/h1-10H,(H,13,14);;;/q;2*+1;-1/p-1. The molecule has 2 rings (SSSR count). The van der Waals surface area contributed by atoms with E-state index < -0.39 is 7.82 Å². The Labute approximate surface area is 178 Å². The van der Waals surface area contributed by atoms with E-state index in [4.69, 9.17) is 9.05 Å². The third kappa shape index (κ3) is 7.44. The van der Waals surface area contributed by atoms with Crippen molar-refractivity contribution in [2.24, 2.45) is 0 Å². The van der Waals surface area contributed by atoms with Crippen molar-refractivity contribution < 1.29 is 101 Å². The molecule has 7 heteroatoms. The van der Waals surface area contributed by atoms with Crippen LogP contribution in [0.25, 0.3) is 0 Å². The maximum atomic E-state index is 11.6. The zero-order chi connectivity index (χ0) is 12.1. The fourth-order valence-electron chi connectivity index (χ4n) is 1.24. The van der Waals surface area contributed by atoms with E-state index in [1.54, 1.807) is 60.7 Å². The van der Waals surface area contributed by atoms with Gasteiger partial charge in [0.2, 0.25) is 0 Å². The van der Waals surface area contributed by atoms with Gasteiger partial charge in [0.05, 0.1) is 0 Å². The number of phosphoric acid groups is 1. The minimum atomic E-state index is -4.39. The second kappa shape index (κ2) is 9.74. The van der Waals surface area contributed by atoms with Gasteiger partial charge >= 0.3 is 88.8 Å². The van der Waals surface area contributed by atoms with Crippen LogP contribution in [0, 0.1) is 0 Å². The van der Waals surface area contributed by atoms with Gasteiger partial charge in [-0.1, -0.05) is 36.4 Å². The zero-order valence-corrected chi connectivity index (χ0v) is 16.9. The van der Waals surface area contributed by atoms with Crippen LogP contribution in [-0.2, 0) is 4.57 Å². The molecule has 0 heterocycles. The van der Waals surface area contributed by atoms with E-state index in [1.165, 1.54) is 0 Å². The van der Waals surface area contributed by atoms with Crippen molar-refractivity contribution in [3.63, 3.8) is 0 Å². The van der Waals surface area contributed by atoms with Crippen LogP contribution in [0.4, 0.5) is 0 Å². The van der Waals surface area contributed by atoms with Crippen molar-refractivity contribution in [3.8, 4) is 11.5 Å². The predicted molar refractivity (Wildman–Crippen MR) is 62.9 cm³/mol. The van der Waals surface area contributed by atoms with E-state index in [-0.39, 0.29) is 93.9 Å². The molecule has 0 radical (unpaired) electrons. The second-order valence-electron chi connectivity index (χ2n) is 3.26. The summed E-state index contributed by atoms with van der Waals surface area (Å²) in [5.41, 5.74) is 0. The molecule has 0 unspecified atom stereocenters. The SMILES string of the molecule is O=P([O-])(Oc1ccccc1)Oc1ccccc1.[H-].[K+].[Na+]. The molecule has 2 aromatic rings. The summed E-state index contributed by atoms with van der Waals surface area (Å²) in [4.78, 5) is 11.6. The maximum absolute atomic E-state index is 11.6. The number of hydrogen-bond acceptors (Lipinski definition) is 4. The molecule has 19 heavy (non-hydrogen) atoms. The molecule has 0 aliphatic rings. The second-order valence-corrected chi connectivity index (χ2v) is 4.52. The molecule has 0 atom stereocenters. The number of benzene rings is 2. The first-order chi connectivity index (χ1) is 8.16. The first-order valence-corrected chi connectivity index (χ1v) is 6.42. The fourth-order valence-corrected chi connectivity index (χ4v) is 2.04. The van der Waals surface area contributed by atoms with Gasteiger partial charge < -0.3 is 15.4 Å². The van der Waals surface area contributed by atoms with Crippen molar-refractivity contribution in [2.75, 3.05) is 0 Å². The molecule has 0 fully saturated rings. The molecule has 0 aliphatic carbocycles. The van der Waals surface area contributed by atoms with E-state index in [0.717, 1.165) is 0 Å². The molecule has 90 valence electrons. The molecule has 0 aliphatic heterocycles. The Hall–Kier alpha value is 0.866. The Morgan fingerprint density at radius 2 is 1.16 bits per heavy atom. The number of hydrogen-bond donors (Lipinski definition) is 0. The molecule has 2 aromatic carbocycles. The van der Waals surface area contributed by atoms with E-state index in [2.05, 4.69) is 0 Å². The average Bonchev–Trinajstić information content (AvgIpc) is 2.30. The van der Waals surface area contributed by atoms with Gasteiger partial charge in [0.25, 0.3) is 0 Å². The van der Waals surface area contributed by atoms with Gasteiger partial charge in [0.1, 0.15) is 11.5 Å². The molecule has 4 nitrogen and oxygen atoms in total. The van der Waals surface area contributed by atoms with Gasteiger partial charge in [0.15, 0.2) is 0 Å². The van der Waals surface area contributed by atoms with Gasteiger partial charge in [-0.2, -0.15) is 0 Å². The zero-order valence-electron chi connectivity index (χ0n) is 11.9. The molecule has 0 saturated heterocycles. The van der Waals surface area contributed by atoms with E-state index in [9.17, 15) is 9.46 Å². The van der Waals surface area contributed by atoms with Gasteiger partial charge in [-0.05, 0) is 24.3 Å². The minimum absolute atomic E-state index is 0. The van der Waals surface area contributed by atoms with Crippen LogP contribution in [0.1, 0.15) is 1.43 Å². The van der Waals surface area contributed by atoms with E-state index in [1.807, 2.05) is 0 Å². The first kappa shape index (κ1) is 19.9. The summed E-state index contributed by atoms with van der Waals surface area (Å²) in [6, 6.07) is 16.4. The van der Waals surface area contributed by atoms with Crippen LogP contribution in [0.3, 0.4) is 0 Å². The molecular formula is C12H11KNaO4P. The molecule has 0 amide bonds. The van der Waals surface area contributed by atoms with Crippen LogP contribution >= 0.6 is 7.82 Å². The largest absolute Gasteiger partial charge is 1.00 e. The molecule has 0 N–H and O–H groups in total. The molecule has 0 aromatic heterocycles. The summed E-state index contributed by atoms with van der Waals surface area (Å²) < 4.78 is 21.1. The minimum Gasteiger partial charge on any atom is -1.00 e. The van der Waals surface area contributed by atoms with Crippen LogP contribution in [0.2, 0.25) is 0 Å². The van der Waals surface area contributed by atoms with Gasteiger partial charge in [0, 0.05) is 0 Å². The fraction of sp³-hybridized carbons (Fsp3) is 0. The summed E-state index contributed by atoms with van der Waals surface area (Å²) in [6.07, 6.45) is 0. The summed E-state index contributed by atoms with van der Waals surface area (Å²) in [7, 11) is -4.39. The van der Waals surface area contributed by atoms with Crippen molar-refractivity contribution in [1.82, 2.24) is 0 Å². The van der Waals surface area contributed by atoms with Crippen molar-refractivity contribution >= 4 is 7.82 Å². The summed E-state index contributed by atoms with van der Waals surface area (Å²) in [5.74, 6) is 0.448. The molecule has 0 saturated carbocycles. The van der Waals surface area contributed by atoms with E-state index >= 15 is 0 Å². The maximum Gasteiger partial charge on any atom is 1.00 e. The summed E-state index contributed by atoms with van der Waals surface area (Å²) >= 11 is 0. The Bertz CT molecular complexity index is 484. The summed E-state index contributed by atoms with van der Waals surface area (Å²) in [6.45, 7) is 0. The van der Waals surface area contributed by atoms with E-state index in [0.29, 0.717) is 0 Å². The molecule has 0 bridgehead atoms. The molecule has 0 spiro atoms. The third-order valence-corrected chi connectivity index (χ3v) is 2.79. The monoisotopic (exact) mass is 312 g/mol. The van der Waals surface area contributed by atoms with Crippen molar-refractivity contribution in [2.45, 2.75) is 0 Å². The van der Waals surface area contributed by atoms with Gasteiger partial charge in [-0.25, -0.2) is 4.57 Å². The van der Waals surface area contributed by atoms with Crippen LogP contribution < -0.4 is 94.9 Å². The van der Waals surface area contributed by atoms with Crippen LogP contribution in [0.5, 0.6) is 11.5 Å². The van der Waals surface area contributed by atoms with Crippen LogP contribution in [0.15, 0.2) is 60.7 Å². The van der Waals surface area contributed by atoms with Crippen LogP contribution in [-0.4, -0.2) is 0 Å². The first-order valence-electron chi connectivity index (χ1n) is 4.96.